The van der Waals surface area contributed by atoms with Crippen LogP contribution in [0.3, 0.4) is 0 Å². The summed E-state index contributed by atoms with van der Waals surface area (Å²) in [5.41, 5.74) is -0.486. The number of rotatable bonds is 3. The van der Waals surface area contributed by atoms with Crippen LogP contribution >= 0.6 is 0 Å². The highest BCUT2D eigenvalue weighted by Gasteiger charge is 2.48. The van der Waals surface area contributed by atoms with Gasteiger partial charge in [-0.25, -0.2) is 8.42 Å². The van der Waals surface area contributed by atoms with E-state index in [0.717, 1.165) is 13.0 Å². The van der Waals surface area contributed by atoms with Crippen molar-refractivity contribution in [2.24, 2.45) is 0 Å². The van der Waals surface area contributed by atoms with Gasteiger partial charge in [-0.05, 0) is 26.3 Å². The molecule has 1 N–H and O–H groups in total. The molecule has 6 heteroatoms. The lowest BCUT2D eigenvalue weighted by Gasteiger charge is -2.34. The lowest BCUT2D eigenvalue weighted by molar-refractivity contribution is -0.133. The molecule has 0 bridgehead atoms. The molecule has 2 saturated heterocycles. The molecule has 0 radical (unpaired) electrons. The van der Waals surface area contributed by atoms with Crippen molar-refractivity contribution >= 4 is 15.7 Å². The number of likely N-dealkylation sites (tertiary alicyclic amines) is 1. The first-order valence-corrected chi connectivity index (χ1v) is 7.95. The molecule has 0 aliphatic carbocycles. The average Bonchev–Trinajstić information content (AvgIpc) is 2.71. The first-order valence-electron chi connectivity index (χ1n) is 6.13. The van der Waals surface area contributed by atoms with Crippen LogP contribution in [0.4, 0.5) is 0 Å². The molecule has 2 atom stereocenters. The van der Waals surface area contributed by atoms with Gasteiger partial charge in [-0.15, -0.1) is 0 Å². The highest BCUT2D eigenvalue weighted by molar-refractivity contribution is 7.91. The summed E-state index contributed by atoms with van der Waals surface area (Å²) in [6.45, 7) is 5.29. The Bertz CT molecular complexity index is 420. The Morgan fingerprint density at radius 1 is 1.53 bits per heavy atom. The third-order valence-electron chi connectivity index (χ3n) is 3.79. The van der Waals surface area contributed by atoms with Crippen LogP contribution in [0.25, 0.3) is 0 Å². The first-order chi connectivity index (χ1) is 7.88. The van der Waals surface area contributed by atoms with Crippen molar-refractivity contribution in [3.63, 3.8) is 0 Å². The number of amides is 1. The van der Waals surface area contributed by atoms with Crippen molar-refractivity contribution < 1.29 is 13.2 Å². The zero-order valence-corrected chi connectivity index (χ0v) is 11.2. The van der Waals surface area contributed by atoms with Gasteiger partial charge in [0.25, 0.3) is 0 Å². The van der Waals surface area contributed by atoms with E-state index < -0.39 is 15.4 Å². The second-order valence-electron chi connectivity index (χ2n) is 5.23. The lowest BCUT2D eigenvalue weighted by Crippen LogP contribution is -2.50. The van der Waals surface area contributed by atoms with Crippen molar-refractivity contribution in [1.29, 1.82) is 0 Å². The minimum atomic E-state index is -2.96. The fourth-order valence-corrected chi connectivity index (χ4v) is 5.00. The molecule has 0 saturated carbocycles. The average molecular weight is 260 g/mol. The zero-order valence-electron chi connectivity index (χ0n) is 10.4. The highest BCUT2D eigenvalue weighted by Crippen LogP contribution is 2.32. The quantitative estimate of drug-likeness (QED) is 0.761. The largest absolute Gasteiger partial charge is 0.335 e. The fraction of sp³-hybridized carbons (Fsp3) is 0.909. The predicted octanol–water partition coefficient (Wildman–Crippen LogP) is -0.226. The number of carbonyl (C=O) groups excluding carboxylic acids is 1. The molecule has 0 aromatic heterocycles. The Hall–Kier alpha value is -0.620. The van der Waals surface area contributed by atoms with E-state index >= 15 is 0 Å². The summed E-state index contributed by atoms with van der Waals surface area (Å²) in [6, 6.07) is -0.125. The fourth-order valence-electron chi connectivity index (χ4n) is 2.86. The molecule has 0 aromatic rings. The standard InChI is InChI=1S/C11H20N2O3S/c1-3-12-9-4-6-13(10(9)14)11(2)5-7-17(15,16)8-11/h9,12H,3-8H2,1-2H3. The van der Waals surface area contributed by atoms with Gasteiger partial charge in [0.05, 0.1) is 23.1 Å². The molecule has 2 fully saturated rings. The van der Waals surface area contributed by atoms with Gasteiger partial charge in [0.15, 0.2) is 9.84 Å². The molecular formula is C11H20N2O3S. The summed E-state index contributed by atoms with van der Waals surface area (Å²) in [7, 11) is -2.96. The number of hydrogen-bond acceptors (Lipinski definition) is 4. The van der Waals surface area contributed by atoms with Gasteiger partial charge < -0.3 is 10.2 Å². The third kappa shape index (κ3) is 2.33. The van der Waals surface area contributed by atoms with Crippen LogP contribution in [0.5, 0.6) is 0 Å². The Labute approximate surface area is 102 Å². The van der Waals surface area contributed by atoms with E-state index in [4.69, 9.17) is 0 Å². The van der Waals surface area contributed by atoms with Gasteiger partial charge in [0, 0.05) is 6.54 Å². The van der Waals surface area contributed by atoms with Crippen molar-refractivity contribution in [2.75, 3.05) is 24.6 Å². The molecule has 98 valence electrons. The van der Waals surface area contributed by atoms with Crippen LogP contribution in [-0.2, 0) is 14.6 Å². The molecule has 1 amide bonds. The van der Waals surface area contributed by atoms with E-state index in [-0.39, 0.29) is 23.5 Å². The topological polar surface area (TPSA) is 66.5 Å². The molecule has 2 aliphatic heterocycles. The van der Waals surface area contributed by atoms with Crippen LogP contribution in [0.2, 0.25) is 0 Å². The second-order valence-corrected chi connectivity index (χ2v) is 7.41. The van der Waals surface area contributed by atoms with E-state index in [2.05, 4.69) is 5.32 Å². The Balaban J connectivity index is 2.12. The molecule has 2 unspecified atom stereocenters. The van der Waals surface area contributed by atoms with E-state index in [9.17, 15) is 13.2 Å². The van der Waals surface area contributed by atoms with E-state index in [0.29, 0.717) is 13.0 Å². The lowest BCUT2D eigenvalue weighted by atomic mass is 10.00. The maximum atomic E-state index is 12.2. The summed E-state index contributed by atoms with van der Waals surface area (Å²) in [5.74, 6) is 0.385. The summed E-state index contributed by atoms with van der Waals surface area (Å²) in [6.07, 6.45) is 1.35. The van der Waals surface area contributed by atoms with Crippen molar-refractivity contribution in [1.82, 2.24) is 10.2 Å². The molecule has 5 nitrogen and oxygen atoms in total. The maximum absolute atomic E-state index is 12.2. The number of nitrogens with zero attached hydrogens (tertiary/aromatic N) is 1. The smallest absolute Gasteiger partial charge is 0.240 e. The van der Waals surface area contributed by atoms with Crippen molar-refractivity contribution in [3.05, 3.63) is 0 Å². The van der Waals surface area contributed by atoms with Crippen molar-refractivity contribution in [3.8, 4) is 0 Å². The van der Waals surface area contributed by atoms with E-state index in [1.165, 1.54) is 0 Å². The minimum Gasteiger partial charge on any atom is -0.335 e. The molecule has 0 spiro atoms. The molecule has 2 aliphatic rings. The van der Waals surface area contributed by atoms with E-state index in [1.807, 2.05) is 13.8 Å². The van der Waals surface area contributed by atoms with E-state index in [1.54, 1.807) is 4.90 Å². The highest BCUT2D eigenvalue weighted by atomic mass is 32.2. The van der Waals surface area contributed by atoms with Crippen molar-refractivity contribution in [2.45, 2.75) is 38.3 Å². The van der Waals surface area contributed by atoms with Gasteiger partial charge in [0.2, 0.25) is 5.91 Å². The van der Waals surface area contributed by atoms with Crippen LogP contribution in [0.15, 0.2) is 0 Å². The Kier molecular flexibility index (Phi) is 3.20. The Morgan fingerprint density at radius 2 is 2.24 bits per heavy atom. The molecule has 2 rings (SSSR count). The minimum absolute atomic E-state index is 0.0615. The van der Waals surface area contributed by atoms with Gasteiger partial charge in [-0.2, -0.15) is 0 Å². The molecule has 2 heterocycles. The molecule has 17 heavy (non-hydrogen) atoms. The molecule has 0 aromatic carbocycles. The van der Waals surface area contributed by atoms with Crippen LogP contribution in [-0.4, -0.2) is 55.4 Å². The normalized spacial score (nSPS) is 36.7. The number of likely N-dealkylation sites (N-methyl/N-ethyl adjacent to an activating group) is 1. The number of carbonyl (C=O) groups is 1. The summed E-state index contributed by atoms with van der Waals surface area (Å²) >= 11 is 0. The van der Waals surface area contributed by atoms with Gasteiger partial charge >= 0.3 is 0 Å². The summed E-state index contributed by atoms with van der Waals surface area (Å²) in [4.78, 5) is 13.9. The summed E-state index contributed by atoms with van der Waals surface area (Å²) < 4.78 is 23.1. The maximum Gasteiger partial charge on any atom is 0.240 e. The monoisotopic (exact) mass is 260 g/mol. The Morgan fingerprint density at radius 3 is 2.76 bits per heavy atom. The van der Waals surface area contributed by atoms with Crippen LogP contribution in [0.1, 0.15) is 26.7 Å². The number of hydrogen-bond donors (Lipinski definition) is 1. The van der Waals surface area contributed by atoms with Gasteiger partial charge in [-0.3, -0.25) is 4.79 Å². The third-order valence-corrected chi connectivity index (χ3v) is 5.68. The molecular weight excluding hydrogens is 240 g/mol. The predicted molar refractivity (Wildman–Crippen MR) is 65.5 cm³/mol. The first kappa shape index (κ1) is 12.8. The number of sulfone groups is 1. The zero-order chi connectivity index (χ0) is 12.7. The second kappa shape index (κ2) is 4.24. The van der Waals surface area contributed by atoms with Gasteiger partial charge in [0.1, 0.15) is 0 Å². The van der Waals surface area contributed by atoms with Gasteiger partial charge in [-0.1, -0.05) is 6.92 Å². The SMILES string of the molecule is CCNC1CCN(C2(C)CCS(=O)(=O)C2)C1=O. The van der Waals surface area contributed by atoms with Crippen LogP contribution < -0.4 is 5.32 Å². The van der Waals surface area contributed by atoms with Crippen LogP contribution in [0, 0.1) is 0 Å². The summed E-state index contributed by atoms with van der Waals surface area (Å²) in [5, 5.41) is 3.14. The number of nitrogens with one attached hydrogen (secondary N) is 1.